The van der Waals surface area contributed by atoms with Crippen molar-refractivity contribution >= 4 is 50.7 Å². The Hall–Kier alpha value is -2.88. The first-order valence-corrected chi connectivity index (χ1v) is 11.1. The Morgan fingerprint density at radius 2 is 1.22 bits per heavy atom. The van der Waals surface area contributed by atoms with E-state index >= 15 is 0 Å². The van der Waals surface area contributed by atoms with E-state index in [4.69, 9.17) is 18.9 Å². The number of fused-ring (bicyclic) bond motifs is 1. The van der Waals surface area contributed by atoms with Gasteiger partial charge in [0.05, 0.1) is 31.9 Å². The van der Waals surface area contributed by atoms with Crippen LogP contribution in [0.3, 0.4) is 0 Å². The van der Waals surface area contributed by atoms with Gasteiger partial charge in [-0.2, -0.15) is 0 Å². The average molecular weight is 512 g/mol. The van der Waals surface area contributed by atoms with Crippen molar-refractivity contribution in [3.05, 3.63) is 33.9 Å². The van der Waals surface area contributed by atoms with Gasteiger partial charge >= 0.3 is 23.9 Å². The van der Waals surface area contributed by atoms with Gasteiger partial charge in [-0.25, -0.2) is 0 Å². The van der Waals surface area contributed by atoms with E-state index in [9.17, 15) is 19.2 Å². The Balaban J connectivity index is 2.68. The number of H-pyrrole nitrogens is 1. The monoisotopic (exact) mass is 511 g/mol. The molecule has 0 aliphatic heterocycles. The van der Waals surface area contributed by atoms with Gasteiger partial charge in [-0.3, -0.25) is 19.2 Å². The topological polar surface area (TPSA) is 121 Å². The Bertz CT molecular complexity index is 963. The number of rotatable bonds is 10. The Morgan fingerprint density at radius 1 is 0.781 bits per heavy atom. The van der Waals surface area contributed by atoms with Crippen molar-refractivity contribution in [2.75, 3.05) is 26.4 Å². The van der Waals surface area contributed by atoms with E-state index in [-0.39, 0.29) is 32.1 Å². The lowest BCUT2D eigenvalue weighted by Gasteiger charge is -2.16. The normalized spacial score (nSPS) is 11.0. The molecule has 2 aromatic rings. The summed E-state index contributed by atoms with van der Waals surface area (Å²) in [4.78, 5) is 53.3. The first kappa shape index (κ1) is 25.4. The molecule has 1 aromatic carbocycles. The largest absolute Gasteiger partial charge is 0.465 e. The zero-order chi connectivity index (χ0) is 23.8. The lowest BCUT2D eigenvalue weighted by Crippen LogP contribution is -2.26. The van der Waals surface area contributed by atoms with Crippen molar-refractivity contribution in [3.63, 3.8) is 0 Å². The number of esters is 4. The third-order valence-corrected chi connectivity index (χ3v) is 5.17. The molecule has 1 N–H and O–H groups in total. The number of nitrogens with one attached hydrogen (secondary N) is 1. The molecule has 0 spiro atoms. The van der Waals surface area contributed by atoms with Crippen LogP contribution in [0.5, 0.6) is 0 Å². The SMILES string of the molecule is CCOC(=O)C(C(=O)OCC)c1cc2c(C(C(=O)OCC)C(=O)OCC)ccc(Br)c2[nH]1. The van der Waals surface area contributed by atoms with E-state index in [0.717, 1.165) is 0 Å². The van der Waals surface area contributed by atoms with Crippen molar-refractivity contribution in [3.8, 4) is 0 Å². The number of hydrogen-bond donors (Lipinski definition) is 1. The molecule has 0 saturated carbocycles. The molecule has 10 heteroatoms. The second kappa shape index (κ2) is 11.7. The van der Waals surface area contributed by atoms with Gasteiger partial charge in [0.25, 0.3) is 0 Å². The highest BCUT2D eigenvalue weighted by molar-refractivity contribution is 9.10. The van der Waals surface area contributed by atoms with Crippen molar-refractivity contribution in [1.82, 2.24) is 4.98 Å². The van der Waals surface area contributed by atoms with Crippen LogP contribution >= 0.6 is 15.9 Å². The lowest BCUT2D eigenvalue weighted by atomic mass is 9.95. The van der Waals surface area contributed by atoms with Crippen LogP contribution in [0.15, 0.2) is 22.7 Å². The van der Waals surface area contributed by atoms with E-state index in [1.54, 1.807) is 39.8 Å². The third-order valence-electron chi connectivity index (χ3n) is 4.51. The Morgan fingerprint density at radius 3 is 1.66 bits per heavy atom. The molecule has 0 atom stereocenters. The van der Waals surface area contributed by atoms with Gasteiger partial charge in [0.2, 0.25) is 0 Å². The van der Waals surface area contributed by atoms with Crippen molar-refractivity contribution in [2.24, 2.45) is 0 Å². The zero-order valence-electron chi connectivity index (χ0n) is 18.4. The zero-order valence-corrected chi connectivity index (χ0v) is 19.9. The summed E-state index contributed by atoms with van der Waals surface area (Å²) in [6.45, 7) is 6.85. The molecule has 9 nitrogen and oxygen atoms in total. The summed E-state index contributed by atoms with van der Waals surface area (Å²) in [6.07, 6.45) is 0. The predicted molar refractivity (Wildman–Crippen MR) is 118 cm³/mol. The number of benzene rings is 1. The van der Waals surface area contributed by atoms with Crippen LogP contribution in [0, 0.1) is 0 Å². The molecule has 0 unspecified atom stereocenters. The molecule has 0 aliphatic carbocycles. The summed E-state index contributed by atoms with van der Waals surface area (Å²) < 4.78 is 20.9. The van der Waals surface area contributed by atoms with Gasteiger partial charge in [0.15, 0.2) is 11.8 Å². The minimum absolute atomic E-state index is 0.0811. The first-order valence-electron chi connectivity index (χ1n) is 10.3. The number of halogens is 1. The summed E-state index contributed by atoms with van der Waals surface area (Å²) >= 11 is 3.42. The molecule has 0 radical (unpaired) electrons. The maximum absolute atomic E-state index is 12.6. The van der Waals surface area contributed by atoms with Gasteiger partial charge in [-0.1, -0.05) is 6.07 Å². The fourth-order valence-electron chi connectivity index (χ4n) is 3.24. The number of carbonyl (C=O) groups is 4. The fourth-order valence-corrected chi connectivity index (χ4v) is 3.68. The molecule has 1 aromatic heterocycles. The molecular formula is C22H26BrNO8. The van der Waals surface area contributed by atoms with Crippen molar-refractivity contribution in [2.45, 2.75) is 39.5 Å². The number of aromatic nitrogens is 1. The highest BCUT2D eigenvalue weighted by Crippen LogP contribution is 2.35. The first-order chi connectivity index (χ1) is 15.3. The van der Waals surface area contributed by atoms with Gasteiger partial charge in [0.1, 0.15) is 0 Å². The molecule has 0 fully saturated rings. The lowest BCUT2D eigenvalue weighted by molar-refractivity contribution is -0.158. The van der Waals surface area contributed by atoms with Crippen molar-refractivity contribution in [1.29, 1.82) is 0 Å². The number of hydrogen-bond acceptors (Lipinski definition) is 8. The smallest absolute Gasteiger partial charge is 0.326 e. The minimum atomic E-state index is -1.36. The highest BCUT2D eigenvalue weighted by Gasteiger charge is 2.36. The molecule has 32 heavy (non-hydrogen) atoms. The third kappa shape index (κ3) is 5.48. The summed E-state index contributed by atoms with van der Waals surface area (Å²) in [7, 11) is 0. The summed E-state index contributed by atoms with van der Waals surface area (Å²) in [5.41, 5.74) is 1.00. The highest BCUT2D eigenvalue weighted by atomic mass is 79.9. The molecule has 0 saturated heterocycles. The van der Waals surface area contributed by atoms with E-state index in [0.29, 0.717) is 20.9 Å². The molecule has 0 amide bonds. The summed E-state index contributed by atoms with van der Waals surface area (Å²) in [5.74, 6) is -5.76. The minimum Gasteiger partial charge on any atom is -0.465 e. The van der Waals surface area contributed by atoms with E-state index < -0.39 is 35.7 Å². The molecule has 1 heterocycles. The van der Waals surface area contributed by atoms with E-state index in [2.05, 4.69) is 20.9 Å². The molecule has 2 rings (SSSR count). The second-order valence-electron chi connectivity index (χ2n) is 6.52. The summed E-state index contributed by atoms with van der Waals surface area (Å²) in [6, 6.07) is 4.76. The van der Waals surface area contributed by atoms with Crippen LogP contribution in [0.2, 0.25) is 0 Å². The van der Waals surface area contributed by atoms with Gasteiger partial charge in [0, 0.05) is 15.6 Å². The molecule has 0 aliphatic rings. The van der Waals surface area contributed by atoms with Crippen LogP contribution in [0.1, 0.15) is 50.8 Å². The predicted octanol–water partition coefficient (Wildman–Crippen LogP) is 3.35. The van der Waals surface area contributed by atoms with Gasteiger partial charge in [-0.05, 0) is 61.3 Å². The standard InChI is InChI=1S/C22H26BrNO8/c1-5-29-19(25)16(20(26)30-6-2)12-9-10-14(23)18-13(12)11-15(24-18)17(21(27)31-7-3)22(28)32-8-4/h9-11,16-17,24H,5-8H2,1-4H3. The van der Waals surface area contributed by atoms with Crippen LogP contribution in [0.25, 0.3) is 10.9 Å². The van der Waals surface area contributed by atoms with E-state index in [1.165, 1.54) is 6.07 Å². The van der Waals surface area contributed by atoms with Gasteiger partial charge < -0.3 is 23.9 Å². The molecular weight excluding hydrogens is 486 g/mol. The molecule has 0 bridgehead atoms. The summed E-state index contributed by atoms with van der Waals surface area (Å²) in [5, 5.41) is 0.444. The van der Waals surface area contributed by atoms with Crippen LogP contribution in [-0.4, -0.2) is 55.3 Å². The molecule has 174 valence electrons. The van der Waals surface area contributed by atoms with Gasteiger partial charge in [-0.15, -0.1) is 0 Å². The van der Waals surface area contributed by atoms with E-state index in [1.807, 2.05) is 0 Å². The maximum atomic E-state index is 12.6. The van der Waals surface area contributed by atoms with Crippen molar-refractivity contribution < 1.29 is 38.1 Å². The Kier molecular flexibility index (Phi) is 9.25. The van der Waals surface area contributed by atoms with Crippen LogP contribution in [-0.2, 0) is 38.1 Å². The average Bonchev–Trinajstić information content (AvgIpc) is 3.16. The maximum Gasteiger partial charge on any atom is 0.326 e. The quantitative estimate of drug-likeness (QED) is 0.292. The Labute approximate surface area is 193 Å². The van der Waals surface area contributed by atoms with Crippen LogP contribution < -0.4 is 0 Å². The number of aromatic amines is 1. The fraction of sp³-hybridized carbons (Fsp3) is 0.455. The van der Waals surface area contributed by atoms with Crippen LogP contribution in [0.4, 0.5) is 0 Å². The number of carbonyl (C=O) groups excluding carboxylic acids is 4. The second-order valence-corrected chi connectivity index (χ2v) is 7.38. The number of ether oxygens (including phenoxy) is 4.